The summed E-state index contributed by atoms with van der Waals surface area (Å²) in [6.45, 7) is 4.50. The number of aryl methyl sites for hydroxylation is 1. The molecule has 0 saturated carbocycles. The highest BCUT2D eigenvalue weighted by atomic mass is 32.2. The van der Waals surface area contributed by atoms with E-state index in [1.807, 2.05) is 50.2 Å². The molecule has 0 aliphatic rings. The normalized spacial score (nSPS) is 10.4. The number of rotatable bonds is 6. The summed E-state index contributed by atoms with van der Waals surface area (Å²) >= 11 is 1.26. The molecule has 1 N–H and O–H groups in total. The van der Waals surface area contributed by atoms with Crippen LogP contribution in [0, 0.1) is 18.3 Å². The molecular formula is C21H19N3O2S. The van der Waals surface area contributed by atoms with Crippen LogP contribution in [-0.2, 0) is 4.79 Å². The van der Waals surface area contributed by atoms with Crippen molar-refractivity contribution >= 4 is 34.3 Å². The van der Waals surface area contributed by atoms with Crippen molar-refractivity contribution in [3.05, 3.63) is 59.7 Å². The monoisotopic (exact) mass is 377 g/mol. The van der Waals surface area contributed by atoms with Crippen LogP contribution in [0.25, 0.3) is 10.9 Å². The molecule has 3 aromatic rings. The quantitative estimate of drug-likeness (QED) is 0.638. The fraction of sp³-hybridized carbons (Fsp3) is 0.190. The Morgan fingerprint density at radius 3 is 2.74 bits per heavy atom. The Bertz CT molecular complexity index is 1010. The standard InChI is InChI=1S/C21H19N3O2S/c1-3-26-18-9-7-17(8-10-18)23-19(25)13-27-21-16(12-22)11-15-6-4-5-14(2)20(15)24-21/h4-11H,3,13H2,1-2H3,(H,23,25). The molecule has 0 saturated heterocycles. The van der Waals surface area contributed by atoms with E-state index >= 15 is 0 Å². The van der Waals surface area contributed by atoms with Gasteiger partial charge < -0.3 is 10.1 Å². The maximum Gasteiger partial charge on any atom is 0.234 e. The number of hydrogen-bond acceptors (Lipinski definition) is 5. The van der Waals surface area contributed by atoms with Crippen LogP contribution >= 0.6 is 11.8 Å². The van der Waals surface area contributed by atoms with E-state index in [4.69, 9.17) is 4.74 Å². The lowest BCUT2D eigenvalue weighted by molar-refractivity contribution is -0.113. The summed E-state index contributed by atoms with van der Waals surface area (Å²) in [5.41, 5.74) is 3.07. The van der Waals surface area contributed by atoms with Crippen LogP contribution in [0.3, 0.4) is 0 Å². The molecule has 5 nitrogen and oxygen atoms in total. The number of pyridine rings is 1. The molecule has 0 radical (unpaired) electrons. The summed E-state index contributed by atoms with van der Waals surface area (Å²) in [6.07, 6.45) is 0. The van der Waals surface area contributed by atoms with Gasteiger partial charge >= 0.3 is 0 Å². The highest BCUT2D eigenvalue weighted by Gasteiger charge is 2.11. The van der Waals surface area contributed by atoms with Gasteiger partial charge in [0, 0.05) is 11.1 Å². The highest BCUT2D eigenvalue weighted by Crippen LogP contribution is 2.26. The van der Waals surface area contributed by atoms with Gasteiger partial charge in [0.15, 0.2) is 0 Å². The van der Waals surface area contributed by atoms with Gasteiger partial charge in [-0.1, -0.05) is 30.0 Å². The summed E-state index contributed by atoms with van der Waals surface area (Å²) < 4.78 is 5.39. The van der Waals surface area contributed by atoms with Gasteiger partial charge in [-0.15, -0.1) is 0 Å². The van der Waals surface area contributed by atoms with E-state index in [0.717, 1.165) is 22.2 Å². The van der Waals surface area contributed by atoms with Gasteiger partial charge in [0.05, 0.1) is 23.4 Å². The van der Waals surface area contributed by atoms with Gasteiger partial charge in [0.25, 0.3) is 0 Å². The molecule has 2 aromatic carbocycles. The summed E-state index contributed by atoms with van der Waals surface area (Å²) in [5.74, 6) is 0.783. The van der Waals surface area contributed by atoms with Gasteiger partial charge in [-0.2, -0.15) is 5.26 Å². The van der Waals surface area contributed by atoms with E-state index in [1.165, 1.54) is 11.8 Å². The van der Waals surface area contributed by atoms with Gasteiger partial charge in [-0.05, 0) is 49.7 Å². The number of thioether (sulfide) groups is 1. The zero-order valence-electron chi connectivity index (χ0n) is 15.2. The van der Waals surface area contributed by atoms with Crippen molar-refractivity contribution in [2.24, 2.45) is 0 Å². The fourth-order valence-corrected chi connectivity index (χ4v) is 3.41. The molecule has 6 heteroatoms. The van der Waals surface area contributed by atoms with Gasteiger partial charge in [-0.3, -0.25) is 4.79 Å². The highest BCUT2D eigenvalue weighted by molar-refractivity contribution is 8.00. The molecule has 1 aromatic heterocycles. The number of fused-ring (bicyclic) bond motifs is 1. The molecule has 0 unspecified atom stereocenters. The number of carbonyl (C=O) groups is 1. The predicted molar refractivity (Wildman–Crippen MR) is 108 cm³/mol. The van der Waals surface area contributed by atoms with E-state index in [-0.39, 0.29) is 11.7 Å². The third-order valence-corrected chi connectivity index (χ3v) is 4.91. The number of nitrogens with one attached hydrogen (secondary N) is 1. The Hall–Kier alpha value is -3.04. The Balaban J connectivity index is 1.69. The van der Waals surface area contributed by atoms with Crippen LogP contribution in [0.1, 0.15) is 18.1 Å². The van der Waals surface area contributed by atoms with Gasteiger partial charge in [-0.25, -0.2) is 4.98 Å². The van der Waals surface area contributed by atoms with Crippen molar-refractivity contribution in [1.29, 1.82) is 5.26 Å². The summed E-state index contributed by atoms with van der Waals surface area (Å²) in [7, 11) is 0. The fourth-order valence-electron chi connectivity index (χ4n) is 2.65. The Labute approximate surface area is 162 Å². The lowest BCUT2D eigenvalue weighted by atomic mass is 10.1. The Morgan fingerprint density at radius 1 is 1.26 bits per heavy atom. The van der Waals surface area contributed by atoms with Crippen LogP contribution in [0.15, 0.2) is 53.6 Å². The SMILES string of the molecule is CCOc1ccc(NC(=O)CSc2nc3c(C)cccc3cc2C#N)cc1. The van der Waals surface area contributed by atoms with Crippen molar-refractivity contribution in [3.63, 3.8) is 0 Å². The van der Waals surface area contributed by atoms with E-state index in [0.29, 0.717) is 22.9 Å². The van der Waals surface area contributed by atoms with Crippen molar-refractivity contribution < 1.29 is 9.53 Å². The first-order chi connectivity index (χ1) is 13.1. The zero-order chi connectivity index (χ0) is 19.2. The van der Waals surface area contributed by atoms with E-state index in [9.17, 15) is 10.1 Å². The van der Waals surface area contributed by atoms with Crippen LogP contribution in [0.2, 0.25) is 0 Å². The molecule has 0 bridgehead atoms. The molecule has 0 spiro atoms. The minimum absolute atomic E-state index is 0.153. The molecule has 0 aliphatic heterocycles. The van der Waals surface area contributed by atoms with Crippen LogP contribution < -0.4 is 10.1 Å². The summed E-state index contributed by atoms with van der Waals surface area (Å²) in [5, 5.41) is 13.7. The third kappa shape index (κ3) is 4.57. The van der Waals surface area contributed by atoms with Crippen molar-refractivity contribution in [1.82, 2.24) is 4.98 Å². The minimum atomic E-state index is -0.153. The molecular weight excluding hydrogens is 358 g/mol. The van der Waals surface area contributed by atoms with Crippen LogP contribution in [-0.4, -0.2) is 23.3 Å². The van der Waals surface area contributed by atoms with Crippen molar-refractivity contribution in [3.8, 4) is 11.8 Å². The van der Waals surface area contributed by atoms with Gasteiger partial charge in [0.1, 0.15) is 16.8 Å². The number of nitrogens with zero attached hydrogens (tertiary/aromatic N) is 2. The number of carbonyl (C=O) groups excluding carboxylic acids is 1. The molecule has 0 fully saturated rings. The average Bonchev–Trinajstić information content (AvgIpc) is 2.68. The van der Waals surface area contributed by atoms with Crippen molar-refractivity contribution in [2.45, 2.75) is 18.9 Å². The maximum atomic E-state index is 12.3. The second kappa shape index (κ2) is 8.56. The summed E-state index contributed by atoms with van der Waals surface area (Å²) in [4.78, 5) is 16.9. The molecule has 1 heterocycles. The number of aromatic nitrogens is 1. The number of amides is 1. The van der Waals surface area contributed by atoms with Crippen LogP contribution in [0.4, 0.5) is 5.69 Å². The van der Waals surface area contributed by atoms with Crippen molar-refractivity contribution in [2.75, 3.05) is 17.7 Å². The Morgan fingerprint density at radius 2 is 2.04 bits per heavy atom. The molecule has 0 atom stereocenters. The molecule has 27 heavy (non-hydrogen) atoms. The number of hydrogen-bond donors (Lipinski definition) is 1. The maximum absolute atomic E-state index is 12.3. The molecule has 3 rings (SSSR count). The van der Waals surface area contributed by atoms with E-state index in [1.54, 1.807) is 12.1 Å². The first-order valence-electron chi connectivity index (χ1n) is 8.56. The second-order valence-electron chi connectivity index (χ2n) is 5.89. The van der Waals surface area contributed by atoms with Gasteiger partial charge in [0.2, 0.25) is 5.91 Å². The number of para-hydroxylation sites is 1. The summed E-state index contributed by atoms with van der Waals surface area (Å²) in [6, 6.07) is 17.1. The molecule has 1 amide bonds. The Kier molecular flexibility index (Phi) is 5.94. The number of anilines is 1. The number of benzene rings is 2. The third-order valence-electron chi connectivity index (χ3n) is 3.92. The first kappa shape index (κ1) is 18.7. The van der Waals surface area contributed by atoms with E-state index < -0.39 is 0 Å². The first-order valence-corrected chi connectivity index (χ1v) is 9.55. The smallest absolute Gasteiger partial charge is 0.234 e. The molecule has 136 valence electrons. The average molecular weight is 377 g/mol. The predicted octanol–water partition coefficient (Wildman–Crippen LogP) is 4.54. The molecule has 0 aliphatic carbocycles. The largest absolute Gasteiger partial charge is 0.494 e. The van der Waals surface area contributed by atoms with E-state index in [2.05, 4.69) is 16.4 Å². The lowest BCUT2D eigenvalue weighted by Gasteiger charge is -2.09. The number of ether oxygens (including phenoxy) is 1. The lowest BCUT2D eigenvalue weighted by Crippen LogP contribution is -2.14. The second-order valence-corrected chi connectivity index (χ2v) is 6.86. The topological polar surface area (TPSA) is 75.0 Å². The zero-order valence-corrected chi connectivity index (χ0v) is 16.0. The minimum Gasteiger partial charge on any atom is -0.494 e. The van der Waals surface area contributed by atoms with Crippen LogP contribution in [0.5, 0.6) is 5.75 Å². The number of nitriles is 1.